The van der Waals surface area contributed by atoms with E-state index in [1.807, 2.05) is 95.3 Å². The van der Waals surface area contributed by atoms with Crippen molar-refractivity contribution in [2.75, 3.05) is 17.1 Å². The highest BCUT2D eigenvalue weighted by Gasteiger charge is 2.33. The Labute approximate surface area is 232 Å². The molecular weight excluding hydrogens is 510 g/mol. The van der Waals surface area contributed by atoms with Crippen LogP contribution < -0.4 is 9.62 Å². The van der Waals surface area contributed by atoms with Crippen LogP contribution in [0.3, 0.4) is 0 Å². The smallest absolute Gasteiger partial charge is 0.244 e. The molecule has 3 aromatic carbocycles. The Bertz CT molecular complexity index is 1390. The highest BCUT2D eigenvalue weighted by atomic mass is 32.2. The highest BCUT2D eigenvalue weighted by Crippen LogP contribution is 2.26. The van der Waals surface area contributed by atoms with Crippen LogP contribution in [0.2, 0.25) is 0 Å². The van der Waals surface area contributed by atoms with Gasteiger partial charge >= 0.3 is 0 Å². The largest absolute Gasteiger partial charge is 0.352 e. The molecule has 0 radical (unpaired) electrons. The fourth-order valence-corrected chi connectivity index (χ4v) is 5.33. The summed E-state index contributed by atoms with van der Waals surface area (Å²) in [7, 11) is -3.80. The minimum absolute atomic E-state index is 0.130. The summed E-state index contributed by atoms with van der Waals surface area (Å²) >= 11 is 0. The van der Waals surface area contributed by atoms with Crippen LogP contribution in [0.15, 0.2) is 72.8 Å². The van der Waals surface area contributed by atoms with Gasteiger partial charge in [-0.05, 0) is 62.9 Å². The molecular formula is C31H39N3O4S. The summed E-state index contributed by atoms with van der Waals surface area (Å²) in [6.45, 7) is 9.20. The first-order valence-electron chi connectivity index (χ1n) is 13.1. The normalized spacial score (nSPS) is 12.2. The van der Waals surface area contributed by atoms with Gasteiger partial charge in [0.2, 0.25) is 21.8 Å². The number of anilines is 1. The molecule has 0 bridgehead atoms. The molecule has 208 valence electrons. The lowest BCUT2D eigenvalue weighted by Gasteiger charge is -2.34. The van der Waals surface area contributed by atoms with Crippen molar-refractivity contribution in [3.8, 4) is 0 Å². The number of hydrogen-bond donors (Lipinski definition) is 1. The molecule has 3 aromatic rings. The zero-order valence-corrected chi connectivity index (χ0v) is 24.5. The van der Waals surface area contributed by atoms with Crippen LogP contribution in [0.1, 0.15) is 41.7 Å². The first-order chi connectivity index (χ1) is 18.4. The van der Waals surface area contributed by atoms with Gasteiger partial charge in [-0.15, -0.1) is 0 Å². The van der Waals surface area contributed by atoms with E-state index in [0.717, 1.165) is 38.4 Å². The molecule has 0 saturated carbocycles. The standard InChI is InChI=1S/C31H39N3O4S/c1-22(2)32-31(36)29(19-26-12-8-7-9-13-26)33(20-27-17-15-23(3)16-18-27)30(35)21-34(39(6,37)38)28-14-10-11-24(4)25(28)5/h7-18,22,29H,19-21H2,1-6H3,(H,32,36)/t29-/m1/s1. The Morgan fingerprint density at radius 3 is 2.08 bits per heavy atom. The van der Waals surface area contributed by atoms with Crippen molar-refractivity contribution in [3.05, 3.63) is 101 Å². The van der Waals surface area contributed by atoms with E-state index in [1.54, 1.807) is 12.1 Å². The zero-order valence-electron chi connectivity index (χ0n) is 23.6. The first kappa shape index (κ1) is 29.9. The average Bonchev–Trinajstić information content (AvgIpc) is 2.87. The second kappa shape index (κ2) is 12.9. The van der Waals surface area contributed by atoms with Gasteiger partial charge in [0.1, 0.15) is 12.6 Å². The molecule has 0 spiro atoms. The van der Waals surface area contributed by atoms with Crippen molar-refractivity contribution >= 4 is 27.5 Å². The molecule has 2 amide bonds. The molecule has 1 atom stereocenters. The zero-order chi connectivity index (χ0) is 28.7. The third-order valence-electron chi connectivity index (χ3n) is 6.70. The van der Waals surface area contributed by atoms with E-state index in [4.69, 9.17) is 0 Å². The number of carbonyl (C=O) groups is 2. The Kier molecular flexibility index (Phi) is 9.92. The summed E-state index contributed by atoms with van der Waals surface area (Å²) < 4.78 is 27.1. The molecule has 0 unspecified atom stereocenters. The summed E-state index contributed by atoms with van der Waals surface area (Å²) in [5, 5.41) is 2.96. The molecule has 0 heterocycles. The van der Waals surface area contributed by atoms with E-state index >= 15 is 0 Å². The van der Waals surface area contributed by atoms with Crippen LogP contribution in [0.4, 0.5) is 5.69 Å². The molecule has 0 aliphatic rings. The maximum Gasteiger partial charge on any atom is 0.244 e. The van der Waals surface area contributed by atoms with E-state index in [2.05, 4.69) is 5.32 Å². The van der Waals surface area contributed by atoms with Crippen molar-refractivity contribution in [1.82, 2.24) is 10.2 Å². The molecule has 0 aromatic heterocycles. The van der Waals surface area contributed by atoms with Crippen LogP contribution in [0, 0.1) is 20.8 Å². The topological polar surface area (TPSA) is 86.8 Å². The van der Waals surface area contributed by atoms with E-state index in [1.165, 1.54) is 4.90 Å². The van der Waals surface area contributed by atoms with Gasteiger partial charge in [0.15, 0.2) is 0 Å². The molecule has 39 heavy (non-hydrogen) atoms. The molecule has 3 rings (SSSR count). The SMILES string of the molecule is Cc1ccc(CN(C(=O)CN(c2cccc(C)c2C)S(C)(=O)=O)[C@H](Cc2ccccc2)C(=O)NC(C)C)cc1. The third-order valence-corrected chi connectivity index (χ3v) is 7.83. The summed E-state index contributed by atoms with van der Waals surface area (Å²) in [5.74, 6) is -0.742. The Hall–Kier alpha value is -3.65. The second-order valence-electron chi connectivity index (χ2n) is 10.4. The van der Waals surface area contributed by atoms with Crippen molar-refractivity contribution < 1.29 is 18.0 Å². The number of aryl methyl sites for hydroxylation is 2. The van der Waals surface area contributed by atoms with E-state index in [0.29, 0.717) is 12.1 Å². The van der Waals surface area contributed by atoms with Gasteiger partial charge in [0.05, 0.1) is 11.9 Å². The van der Waals surface area contributed by atoms with Crippen molar-refractivity contribution in [1.29, 1.82) is 0 Å². The average molecular weight is 550 g/mol. The summed E-state index contributed by atoms with van der Waals surface area (Å²) in [6.07, 6.45) is 1.39. The number of benzene rings is 3. The van der Waals surface area contributed by atoms with E-state index in [9.17, 15) is 18.0 Å². The molecule has 8 heteroatoms. The molecule has 0 aliphatic carbocycles. The van der Waals surface area contributed by atoms with E-state index in [-0.39, 0.29) is 18.5 Å². The van der Waals surface area contributed by atoms with Gasteiger partial charge < -0.3 is 10.2 Å². The lowest BCUT2D eigenvalue weighted by molar-refractivity contribution is -0.140. The number of sulfonamides is 1. The minimum atomic E-state index is -3.80. The van der Waals surface area contributed by atoms with Gasteiger partial charge in [0.25, 0.3) is 0 Å². The van der Waals surface area contributed by atoms with Crippen LogP contribution in [0.5, 0.6) is 0 Å². The predicted molar refractivity (Wildman–Crippen MR) is 157 cm³/mol. The maximum atomic E-state index is 14.1. The molecule has 0 fully saturated rings. The van der Waals surface area contributed by atoms with Crippen molar-refractivity contribution in [2.45, 2.75) is 59.7 Å². The number of carbonyl (C=O) groups excluding carboxylic acids is 2. The number of nitrogens with one attached hydrogen (secondary N) is 1. The maximum absolute atomic E-state index is 14.1. The monoisotopic (exact) mass is 549 g/mol. The van der Waals surface area contributed by atoms with Gasteiger partial charge in [-0.2, -0.15) is 0 Å². The summed E-state index contributed by atoms with van der Waals surface area (Å²) in [4.78, 5) is 29.2. The van der Waals surface area contributed by atoms with Gasteiger partial charge in [0, 0.05) is 19.0 Å². The number of hydrogen-bond acceptors (Lipinski definition) is 4. The first-order valence-corrected chi connectivity index (χ1v) is 14.9. The fraction of sp³-hybridized carbons (Fsp3) is 0.355. The lowest BCUT2D eigenvalue weighted by atomic mass is 10.0. The second-order valence-corrected chi connectivity index (χ2v) is 12.3. The Morgan fingerprint density at radius 1 is 0.846 bits per heavy atom. The lowest BCUT2D eigenvalue weighted by Crippen LogP contribution is -2.54. The van der Waals surface area contributed by atoms with Crippen LogP contribution in [0.25, 0.3) is 0 Å². The number of amides is 2. The summed E-state index contributed by atoms with van der Waals surface area (Å²) in [6, 6.07) is 21.7. The van der Waals surface area contributed by atoms with Crippen LogP contribution >= 0.6 is 0 Å². The Balaban J connectivity index is 2.07. The van der Waals surface area contributed by atoms with Gasteiger partial charge in [-0.3, -0.25) is 13.9 Å². The van der Waals surface area contributed by atoms with Crippen LogP contribution in [-0.2, 0) is 32.6 Å². The summed E-state index contributed by atoms with van der Waals surface area (Å²) in [5.41, 5.74) is 4.97. The highest BCUT2D eigenvalue weighted by molar-refractivity contribution is 7.92. The molecule has 1 N–H and O–H groups in total. The number of nitrogens with zero attached hydrogens (tertiary/aromatic N) is 2. The van der Waals surface area contributed by atoms with Gasteiger partial charge in [-0.25, -0.2) is 8.42 Å². The van der Waals surface area contributed by atoms with Crippen molar-refractivity contribution in [3.63, 3.8) is 0 Å². The van der Waals surface area contributed by atoms with Crippen LogP contribution in [-0.4, -0.2) is 50.0 Å². The minimum Gasteiger partial charge on any atom is -0.352 e. The fourth-order valence-electron chi connectivity index (χ4n) is 4.43. The molecule has 0 aliphatic heterocycles. The predicted octanol–water partition coefficient (Wildman–Crippen LogP) is 4.54. The quantitative estimate of drug-likeness (QED) is 0.380. The third kappa shape index (κ3) is 8.17. The number of rotatable bonds is 11. The Morgan fingerprint density at radius 2 is 1.49 bits per heavy atom. The molecule has 7 nitrogen and oxygen atoms in total. The van der Waals surface area contributed by atoms with Crippen molar-refractivity contribution in [2.24, 2.45) is 0 Å². The molecule has 0 saturated heterocycles. The van der Waals surface area contributed by atoms with Gasteiger partial charge in [-0.1, -0.05) is 72.3 Å². The van der Waals surface area contributed by atoms with E-state index < -0.39 is 28.5 Å².